The number of halogens is 2. The SMILES string of the molecule is O=C(O)C1CC1C(=O)NC(Cc1cccc(F)c1)c1cccc(F)c1. The van der Waals surface area contributed by atoms with Gasteiger partial charge in [-0.1, -0.05) is 24.3 Å². The molecule has 0 radical (unpaired) electrons. The molecule has 1 saturated carbocycles. The molecule has 130 valence electrons. The first kappa shape index (κ1) is 17.1. The molecule has 0 bridgehead atoms. The Hall–Kier alpha value is -2.76. The number of aliphatic carboxylic acids is 1. The van der Waals surface area contributed by atoms with Crippen molar-refractivity contribution in [1.29, 1.82) is 0 Å². The number of hydrogen-bond donors (Lipinski definition) is 2. The van der Waals surface area contributed by atoms with E-state index in [0.717, 1.165) is 0 Å². The fourth-order valence-electron chi connectivity index (χ4n) is 2.91. The molecule has 1 fully saturated rings. The van der Waals surface area contributed by atoms with E-state index in [1.54, 1.807) is 18.2 Å². The van der Waals surface area contributed by atoms with Crippen molar-refractivity contribution >= 4 is 11.9 Å². The molecule has 2 aromatic rings. The Balaban J connectivity index is 1.79. The molecule has 3 unspecified atom stereocenters. The fraction of sp³-hybridized carbons (Fsp3) is 0.263. The minimum Gasteiger partial charge on any atom is -0.481 e. The number of carboxylic acids is 1. The lowest BCUT2D eigenvalue weighted by atomic mass is 9.98. The highest BCUT2D eigenvalue weighted by atomic mass is 19.1. The lowest BCUT2D eigenvalue weighted by Crippen LogP contribution is -2.32. The molecule has 6 heteroatoms. The fourth-order valence-corrected chi connectivity index (χ4v) is 2.91. The van der Waals surface area contributed by atoms with Gasteiger partial charge in [-0.25, -0.2) is 8.78 Å². The smallest absolute Gasteiger partial charge is 0.307 e. The molecule has 0 heterocycles. The Morgan fingerprint density at radius 3 is 2.36 bits per heavy atom. The zero-order valence-electron chi connectivity index (χ0n) is 13.3. The normalized spacial score (nSPS) is 19.9. The Morgan fingerprint density at radius 2 is 1.76 bits per heavy atom. The largest absolute Gasteiger partial charge is 0.481 e. The summed E-state index contributed by atoms with van der Waals surface area (Å²) in [5.41, 5.74) is 1.20. The van der Waals surface area contributed by atoms with E-state index < -0.39 is 35.5 Å². The molecule has 0 aromatic heterocycles. The Kier molecular flexibility index (Phi) is 4.79. The van der Waals surface area contributed by atoms with Gasteiger partial charge in [-0.3, -0.25) is 9.59 Å². The summed E-state index contributed by atoms with van der Waals surface area (Å²) in [6, 6.07) is 11.2. The third kappa shape index (κ3) is 4.21. The van der Waals surface area contributed by atoms with Crippen molar-refractivity contribution in [2.45, 2.75) is 18.9 Å². The van der Waals surface area contributed by atoms with Crippen molar-refractivity contribution in [2.24, 2.45) is 11.8 Å². The topological polar surface area (TPSA) is 66.4 Å². The number of hydrogen-bond acceptors (Lipinski definition) is 2. The van der Waals surface area contributed by atoms with Gasteiger partial charge in [-0.05, 0) is 48.2 Å². The minimum atomic E-state index is -0.993. The maximum absolute atomic E-state index is 13.6. The van der Waals surface area contributed by atoms with E-state index >= 15 is 0 Å². The van der Waals surface area contributed by atoms with Crippen LogP contribution in [0.1, 0.15) is 23.6 Å². The highest BCUT2D eigenvalue weighted by molar-refractivity contribution is 5.89. The Bertz CT molecular complexity index is 809. The molecule has 0 saturated heterocycles. The average Bonchev–Trinajstić information content (AvgIpc) is 3.35. The second-order valence-electron chi connectivity index (χ2n) is 6.24. The number of rotatable bonds is 6. The zero-order valence-corrected chi connectivity index (χ0v) is 13.3. The summed E-state index contributed by atoms with van der Waals surface area (Å²) < 4.78 is 27.0. The summed E-state index contributed by atoms with van der Waals surface area (Å²) in [7, 11) is 0. The molecule has 0 spiro atoms. The third-order valence-corrected chi connectivity index (χ3v) is 4.34. The van der Waals surface area contributed by atoms with Gasteiger partial charge in [-0.15, -0.1) is 0 Å². The van der Waals surface area contributed by atoms with Crippen LogP contribution < -0.4 is 5.32 Å². The van der Waals surface area contributed by atoms with Crippen molar-refractivity contribution in [2.75, 3.05) is 0 Å². The van der Waals surface area contributed by atoms with Crippen LogP contribution in [0.3, 0.4) is 0 Å². The molecule has 2 aromatic carbocycles. The predicted octanol–water partition coefficient (Wildman–Crippen LogP) is 3.09. The molecule has 1 amide bonds. The highest BCUT2D eigenvalue weighted by Gasteiger charge is 2.48. The van der Waals surface area contributed by atoms with E-state index in [2.05, 4.69) is 5.32 Å². The molecule has 3 rings (SSSR count). The lowest BCUT2D eigenvalue weighted by molar-refractivity contribution is -0.140. The molecule has 1 aliphatic rings. The van der Waals surface area contributed by atoms with E-state index in [1.807, 2.05) is 0 Å². The standard InChI is InChI=1S/C19H17F2NO3/c20-13-5-1-3-11(7-13)8-17(12-4-2-6-14(21)9-12)22-18(23)15-10-16(15)19(24)25/h1-7,9,15-17H,8,10H2,(H,22,23)(H,24,25). The van der Waals surface area contributed by atoms with Gasteiger partial charge in [0, 0.05) is 0 Å². The first-order valence-electron chi connectivity index (χ1n) is 7.97. The summed E-state index contributed by atoms with van der Waals surface area (Å²) in [4.78, 5) is 23.2. The molecule has 0 aliphatic heterocycles. The highest BCUT2D eigenvalue weighted by Crippen LogP contribution is 2.39. The number of nitrogens with one attached hydrogen (secondary N) is 1. The number of carboxylic acid groups (broad SMARTS) is 1. The molecule has 1 aliphatic carbocycles. The van der Waals surface area contributed by atoms with Gasteiger partial charge in [0.15, 0.2) is 0 Å². The van der Waals surface area contributed by atoms with Gasteiger partial charge >= 0.3 is 5.97 Å². The Morgan fingerprint density at radius 1 is 1.08 bits per heavy atom. The van der Waals surface area contributed by atoms with Crippen LogP contribution in [0.4, 0.5) is 8.78 Å². The third-order valence-electron chi connectivity index (χ3n) is 4.34. The van der Waals surface area contributed by atoms with Gasteiger partial charge in [0.25, 0.3) is 0 Å². The summed E-state index contributed by atoms with van der Waals surface area (Å²) in [5.74, 6) is -3.44. The van der Waals surface area contributed by atoms with Crippen molar-refractivity contribution in [3.05, 3.63) is 71.3 Å². The van der Waals surface area contributed by atoms with Crippen LogP contribution in [0.5, 0.6) is 0 Å². The van der Waals surface area contributed by atoms with Crippen LogP contribution in [-0.4, -0.2) is 17.0 Å². The summed E-state index contributed by atoms with van der Waals surface area (Å²) in [5, 5.41) is 11.7. The monoisotopic (exact) mass is 345 g/mol. The van der Waals surface area contributed by atoms with E-state index in [-0.39, 0.29) is 12.3 Å². The summed E-state index contributed by atoms with van der Waals surface area (Å²) in [6.07, 6.45) is 0.578. The van der Waals surface area contributed by atoms with Gasteiger partial charge in [0.2, 0.25) is 5.91 Å². The zero-order chi connectivity index (χ0) is 18.0. The first-order valence-corrected chi connectivity index (χ1v) is 7.97. The van der Waals surface area contributed by atoms with Crippen LogP contribution >= 0.6 is 0 Å². The molecule has 3 atom stereocenters. The number of benzene rings is 2. The van der Waals surface area contributed by atoms with Crippen molar-refractivity contribution in [3.8, 4) is 0 Å². The van der Waals surface area contributed by atoms with Gasteiger partial charge < -0.3 is 10.4 Å². The van der Waals surface area contributed by atoms with Crippen molar-refractivity contribution < 1.29 is 23.5 Å². The molecular formula is C19H17F2NO3. The van der Waals surface area contributed by atoms with E-state index in [4.69, 9.17) is 5.11 Å². The van der Waals surface area contributed by atoms with Gasteiger partial charge in [0.05, 0.1) is 17.9 Å². The van der Waals surface area contributed by atoms with Crippen LogP contribution in [-0.2, 0) is 16.0 Å². The molecule has 25 heavy (non-hydrogen) atoms. The lowest BCUT2D eigenvalue weighted by Gasteiger charge is -2.20. The summed E-state index contributed by atoms with van der Waals surface area (Å²) >= 11 is 0. The quantitative estimate of drug-likeness (QED) is 0.845. The van der Waals surface area contributed by atoms with Crippen LogP contribution in [0.15, 0.2) is 48.5 Å². The first-order chi connectivity index (χ1) is 11.9. The molecule has 4 nitrogen and oxygen atoms in total. The average molecular weight is 345 g/mol. The van der Waals surface area contributed by atoms with Crippen molar-refractivity contribution in [3.63, 3.8) is 0 Å². The van der Waals surface area contributed by atoms with E-state index in [0.29, 0.717) is 17.5 Å². The second-order valence-corrected chi connectivity index (χ2v) is 6.24. The minimum absolute atomic E-state index is 0.275. The second kappa shape index (κ2) is 7.01. The van der Waals surface area contributed by atoms with Crippen LogP contribution in [0, 0.1) is 23.5 Å². The van der Waals surface area contributed by atoms with E-state index in [1.165, 1.54) is 30.3 Å². The maximum Gasteiger partial charge on any atom is 0.307 e. The number of amides is 1. The number of carbonyl (C=O) groups is 2. The van der Waals surface area contributed by atoms with Gasteiger partial charge in [0.1, 0.15) is 11.6 Å². The molecule has 2 N–H and O–H groups in total. The van der Waals surface area contributed by atoms with Crippen LogP contribution in [0.25, 0.3) is 0 Å². The maximum atomic E-state index is 13.6. The molecular weight excluding hydrogens is 328 g/mol. The Labute approximate surface area is 143 Å². The van der Waals surface area contributed by atoms with E-state index in [9.17, 15) is 18.4 Å². The van der Waals surface area contributed by atoms with Crippen LogP contribution in [0.2, 0.25) is 0 Å². The predicted molar refractivity (Wildman–Crippen MR) is 86.6 cm³/mol. The van der Waals surface area contributed by atoms with Crippen molar-refractivity contribution in [1.82, 2.24) is 5.32 Å². The summed E-state index contributed by atoms with van der Waals surface area (Å²) in [6.45, 7) is 0. The van der Waals surface area contributed by atoms with Gasteiger partial charge in [-0.2, -0.15) is 0 Å². The number of carbonyl (C=O) groups excluding carboxylic acids is 1.